The predicted octanol–water partition coefficient (Wildman–Crippen LogP) is 6.12. The van der Waals surface area contributed by atoms with Gasteiger partial charge in [0.2, 0.25) is 0 Å². The fraction of sp³-hybridized carbons (Fsp3) is 0.857. The van der Waals surface area contributed by atoms with Crippen molar-refractivity contribution >= 4 is 0 Å². The second-order valence-electron chi connectivity index (χ2n) is 12.6. The first-order valence-corrected chi connectivity index (χ1v) is 12.5. The fourth-order valence-electron chi connectivity index (χ4n) is 8.56. The summed E-state index contributed by atoms with van der Waals surface area (Å²) in [5.74, 6) is 6.36. The summed E-state index contributed by atoms with van der Waals surface area (Å²) in [6.07, 6.45) is 19.4. The van der Waals surface area contributed by atoms with Crippen LogP contribution < -0.4 is 0 Å². The molecule has 3 fully saturated rings. The lowest BCUT2D eigenvalue weighted by atomic mass is 9.46. The molecule has 0 radical (unpaired) electrons. The molecular weight excluding hydrogens is 368 g/mol. The van der Waals surface area contributed by atoms with Crippen LogP contribution in [0, 0.1) is 52.8 Å². The van der Waals surface area contributed by atoms with E-state index in [4.69, 9.17) is 6.42 Å². The van der Waals surface area contributed by atoms with Crippen molar-refractivity contribution in [3.8, 4) is 12.3 Å². The first-order valence-electron chi connectivity index (χ1n) is 12.5. The highest BCUT2D eigenvalue weighted by atomic mass is 16.3. The monoisotopic (exact) mass is 412 g/mol. The third kappa shape index (κ3) is 3.59. The molecule has 2 N–H and O–H groups in total. The van der Waals surface area contributed by atoms with Gasteiger partial charge < -0.3 is 10.2 Å². The van der Waals surface area contributed by atoms with E-state index >= 15 is 0 Å². The predicted molar refractivity (Wildman–Crippen MR) is 124 cm³/mol. The van der Waals surface area contributed by atoms with Crippen LogP contribution in [0.5, 0.6) is 0 Å². The van der Waals surface area contributed by atoms with Crippen LogP contribution in [0.3, 0.4) is 0 Å². The van der Waals surface area contributed by atoms with E-state index in [1.807, 2.05) is 6.92 Å². The minimum atomic E-state index is -0.966. The first-order chi connectivity index (χ1) is 13.9. The lowest BCUT2D eigenvalue weighted by molar-refractivity contribution is -0.0710. The van der Waals surface area contributed by atoms with Gasteiger partial charge >= 0.3 is 0 Å². The summed E-state index contributed by atoms with van der Waals surface area (Å²) in [4.78, 5) is 0. The van der Waals surface area contributed by atoms with Gasteiger partial charge in [0.05, 0.1) is 5.60 Å². The average molecular weight is 413 g/mol. The molecule has 0 aromatic heterocycles. The Morgan fingerprint density at radius 3 is 2.60 bits per heavy atom. The minimum absolute atomic E-state index is 0.307. The molecule has 2 nitrogen and oxygen atoms in total. The zero-order valence-corrected chi connectivity index (χ0v) is 20.0. The van der Waals surface area contributed by atoms with E-state index in [1.54, 1.807) is 12.5 Å². The molecule has 4 aliphatic carbocycles. The maximum Gasteiger partial charge on any atom is 0.122 e. The molecule has 3 saturated carbocycles. The quantitative estimate of drug-likeness (QED) is 0.431. The van der Waals surface area contributed by atoms with E-state index in [0.29, 0.717) is 23.2 Å². The van der Waals surface area contributed by atoms with Crippen LogP contribution >= 0.6 is 0 Å². The van der Waals surface area contributed by atoms with E-state index in [-0.39, 0.29) is 0 Å². The summed E-state index contributed by atoms with van der Waals surface area (Å²) in [5.41, 5.74) is 0.829. The zero-order chi connectivity index (χ0) is 21.9. The Kier molecular flexibility index (Phi) is 5.52. The topological polar surface area (TPSA) is 40.5 Å². The second kappa shape index (κ2) is 7.38. The smallest absolute Gasteiger partial charge is 0.122 e. The Labute approximate surface area is 184 Å². The molecule has 0 bridgehead atoms. The van der Waals surface area contributed by atoms with Gasteiger partial charge in [0, 0.05) is 0 Å². The normalized spacial score (nSPS) is 48.4. The molecule has 9 atom stereocenters. The Morgan fingerprint density at radius 1 is 1.17 bits per heavy atom. The fourth-order valence-corrected chi connectivity index (χ4v) is 8.56. The number of terminal acetylenes is 1. The van der Waals surface area contributed by atoms with Gasteiger partial charge in [0.1, 0.15) is 5.60 Å². The highest BCUT2D eigenvalue weighted by molar-refractivity contribution is 5.26. The number of hydrogen-bond acceptors (Lipinski definition) is 2. The van der Waals surface area contributed by atoms with E-state index in [0.717, 1.165) is 49.4 Å². The van der Waals surface area contributed by atoms with Gasteiger partial charge in [0.15, 0.2) is 0 Å². The largest absolute Gasteiger partial charge is 0.390 e. The van der Waals surface area contributed by atoms with E-state index in [1.165, 1.54) is 32.1 Å². The number of fused-ring (bicyclic) bond motifs is 5. The SMILES string of the molecule is C#CC(C)(O)CC[C@@H](C)[C@H]1CC[C@H]2[C@@H]3CC=C4C[C@@](C)(O)CCC4(C)[C@H]3CC[C@]12C. The van der Waals surface area contributed by atoms with Crippen LogP contribution in [0.4, 0.5) is 0 Å². The molecule has 4 rings (SSSR count). The van der Waals surface area contributed by atoms with Gasteiger partial charge in [-0.3, -0.25) is 0 Å². The summed E-state index contributed by atoms with van der Waals surface area (Å²) in [5, 5.41) is 20.9. The van der Waals surface area contributed by atoms with Crippen molar-refractivity contribution in [3.05, 3.63) is 11.6 Å². The Morgan fingerprint density at radius 2 is 1.90 bits per heavy atom. The minimum Gasteiger partial charge on any atom is -0.390 e. The van der Waals surface area contributed by atoms with Crippen LogP contribution in [0.2, 0.25) is 0 Å². The summed E-state index contributed by atoms with van der Waals surface area (Å²) >= 11 is 0. The van der Waals surface area contributed by atoms with Crippen molar-refractivity contribution in [1.29, 1.82) is 0 Å². The number of rotatable bonds is 4. The summed E-state index contributed by atoms with van der Waals surface area (Å²) in [6, 6.07) is 0. The van der Waals surface area contributed by atoms with Gasteiger partial charge in [-0.1, -0.05) is 38.3 Å². The van der Waals surface area contributed by atoms with Gasteiger partial charge in [0.25, 0.3) is 0 Å². The standard InChI is InChI=1S/C28H44O2/c1-7-25(3,29)14-12-19(2)22-10-11-23-21-9-8-20-18-26(4,30)16-17-27(20,5)24(21)13-15-28(22,23)6/h1,8,19,21-24,29-30H,9-18H2,2-6H3/t19-,21+,22-,23+,24+,25?,26+,27?,28-/m1/s1. The van der Waals surface area contributed by atoms with E-state index in [2.05, 4.69) is 32.8 Å². The lowest BCUT2D eigenvalue weighted by Gasteiger charge is -2.59. The Bertz CT molecular complexity index is 740. The number of aliphatic hydroxyl groups is 2. The molecule has 2 heteroatoms. The van der Waals surface area contributed by atoms with Crippen molar-refractivity contribution in [2.75, 3.05) is 0 Å². The summed E-state index contributed by atoms with van der Waals surface area (Å²) in [6.45, 7) is 11.3. The van der Waals surface area contributed by atoms with Gasteiger partial charge in [-0.05, 0) is 118 Å². The highest BCUT2D eigenvalue weighted by Crippen LogP contribution is 2.67. The molecule has 0 aliphatic heterocycles. The average Bonchev–Trinajstić information content (AvgIpc) is 3.04. The molecule has 0 aromatic carbocycles. The third-order valence-corrected chi connectivity index (χ3v) is 10.5. The Balaban J connectivity index is 1.51. The van der Waals surface area contributed by atoms with Gasteiger partial charge in [-0.25, -0.2) is 0 Å². The third-order valence-electron chi connectivity index (χ3n) is 10.5. The molecule has 0 aromatic rings. The molecule has 2 unspecified atom stereocenters. The van der Waals surface area contributed by atoms with E-state index < -0.39 is 11.2 Å². The molecular formula is C28H44O2. The van der Waals surface area contributed by atoms with Gasteiger partial charge in [-0.15, -0.1) is 6.42 Å². The number of allylic oxidation sites excluding steroid dienone is 1. The maximum absolute atomic E-state index is 10.7. The van der Waals surface area contributed by atoms with Crippen LogP contribution in [-0.2, 0) is 0 Å². The maximum atomic E-state index is 10.7. The number of hydrogen-bond donors (Lipinski definition) is 2. The Hall–Kier alpha value is -0.780. The van der Waals surface area contributed by atoms with Crippen molar-refractivity contribution in [1.82, 2.24) is 0 Å². The van der Waals surface area contributed by atoms with Crippen LogP contribution in [0.1, 0.15) is 98.8 Å². The van der Waals surface area contributed by atoms with Crippen LogP contribution in [-0.4, -0.2) is 21.4 Å². The summed E-state index contributed by atoms with van der Waals surface area (Å²) < 4.78 is 0. The summed E-state index contributed by atoms with van der Waals surface area (Å²) in [7, 11) is 0. The molecule has 0 saturated heterocycles. The van der Waals surface area contributed by atoms with Crippen molar-refractivity contribution < 1.29 is 10.2 Å². The van der Waals surface area contributed by atoms with Crippen LogP contribution in [0.15, 0.2) is 11.6 Å². The van der Waals surface area contributed by atoms with Crippen molar-refractivity contribution in [3.63, 3.8) is 0 Å². The van der Waals surface area contributed by atoms with Crippen molar-refractivity contribution in [2.45, 2.75) is 110 Å². The second-order valence-corrected chi connectivity index (χ2v) is 12.6. The van der Waals surface area contributed by atoms with Gasteiger partial charge in [-0.2, -0.15) is 0 Å². The van der Waals surface area contributed by atoms with Crippen molar-refractivity contribution in [2.24, 2.45) is 40.4 Å². The molecule has 0 spiro atoms. The molecule has 4 aliphatic rings. The lowest BCUT2D eigenvalue weighted by Crippen LogP contribution is -2.52. The van der Waals surface area contributed by atoms with E-state index in [9.17, 15) is 10.2 Å². The molecule has 168 valence electrons. The molecule has 0 amide bonds. The highest BCUT2D eigenvalue weighted by Gasteiger charge is 2.59. The van der Waals surface area contributed by atoms with Crippen LogP contribution in [0.25, 0.3) is 0 Å². The zero-order valence-electron chi connectivity index (χ0n) is 20.0. The first kappa shape index (κ1) is 22.4. The molecule has 30 heavy (non-hydrogen) atoms. The molecule has 0 heterocycles.